The highest BCUT2D eigenvalue weighted by Gasteiger charge is 2.40. The lowest BCUT2D eigenvalue weighted by Gasteiger charge is -2.48. The van der Waals surface area contributed by atoms with E-state index in [1.807, 2.05) is 0 Å². The van der Waals surface area contributed by atoms with Gasteiger partial charge in [0.2, 0.25) is 0 Å². The van der Waals surface area contributed by atoms with E-state index in [4.69, 9.17) is 0 Å². The molecule has 0 aromatic heterocycles. The zero-order chi connectivity index (χ0) is 8.44. The van der Waals surface area contributed by atoms with Gasteiger partial charge >= 0.3 is 0 Å². The van der Waals surface area contributed by atoms with Crippen molar-refractivity contribution in [3.8, 4) is 0 Å². The van der Waals surface area contributed by atoms with Crippen LogP contribution in [0.2, 0.25) is 0 Å². The Labute approximate surface area is 75.9 Å². The summed E-state index contributed by atoms with van der Waals surface area (Å²) >= 11 is 0. The van der Waals surface area contributed by atoms with Gasteiger partial charge in [-0.25, -0.2) is 0 Å². The number of hydrogen-bond donors (Lipinski definition) is 1. The van der Waals surface area contributed by atoms with Gasteiger partial charge in [0, 0.05) is 5.54 Å². The van der Waals surface area contributed by atoms with Crippen molar-refractivity contribution in [3.63, 3.8) is 0 Å². The predicted molar refractivity (Wildman–Crippen MR) is 52.2 cm³/mol. The van der Waals surface area contributed by atoms with Crippen LogP contribution in [0.4, 0.5) is 0 Å². The third kappa shape index (κ3) is 1.28. The van der Waals surface area contributed by atoms with Crippen molar-refractivity contribution >= 4 is 0 Å². The van der Waals surface area contributed by atoms with E-state index >= 15 is 0 Å². The minimum Gasteiger partial charge on any atom is -0.311 e. The Hall–Kier alpha value is -0.0400. The SMILES string of the molecule is CCC12CCCCC1CCCN2. The minimum absolute atomic E-state index is 0.566. The van der Waals surface area contributed by atoms with Crippen LogP contribution in [0.15, 0.2) is 0 Å². The topological polar surface area (TPSA) is 12.0 Å². The first-order valence-electron chi connectivity index (χ1n) is 5.62. The van der Waals surface area contributed by atoms with Gasteiger partial charge in [-0.3, -0.25) is 0 Å². The maximum Gasteiger partial charge on any atom is 0.0207 e. The van der Waals surface area contributed by atoms with Gasteiger partial charge in [-0.1, -0.05) is 19.8 Å². The predicted octanol–water partition coefficient (Wildman–Crippen LogP) is 2.71. The lowest BCUT2D eigenvalue weighted by atomic mass is 9.67. The maximum absolute atomic E-state index is 3.78. The molecule has 12 heavy (non-hydrogen) atoms. The molecule has 70 valence electrons. The van der Waals surface area contributed by atoms with Crippen LogP contribution in [0.25, 0.3) is 0 Å². The Morgan fingerprint density at radius 3 is 2.83 bits per heavy atom. The van der Waals surface area contributed by atoms with Crippen molar-refractivity contribution in [1.82, 2.24) is 5.32 Å². The third-order valence-electron chi connectivity index (χ3n) is 4.04. The zero-order valence-electron chi connectivity index (χ0n) is 8.23. The van der Waals surface area contributed by atoms with E-state index in [2.05, 4.69) is 12.2 Å². The van der Waals surface area contributed by atoms with Gasteiger partial charge in [0.15, 0.2) is 0 Å². The Bertz CT molecular complexity index is 141. The van der Waals surface area contributed by atoms with Crippen molar-refractivity contribution in [2.75, 3.05) is 6.54 Å². The molecule has 2 atom stereocenters. The summed E-state index contributed by atoms with van der Waals surface area (Å²) in [5, 5.41) is 3.78. The standard InChI is InChI=1S/C11H21N/c1-2-11-8-4-3-6-10(11)7-5-9-12-11/h10,12H,2-9H2,1H3. The highest BCUT2D eigenvalue weighted by atomic mass is 15.0. The summed E-state index contributed by atoms with van der Waals surface area (Å²) in [4.78, 5) is 0. The van der Waals surface area contributed by atoms with E-state index < -0.39 is 0 Å². The normalized spacial score (nSPS) is 42.2. The van der Waals surface area contributed by atoms with Gasteiger partial charge in [-0.15, -0.1) is 0 Å². The van der Waals surface area contributed by atoms with Gasteiger partial charge in [0.25, 0.3) is 0 Å². The average Bonchev–Trinajstić information content (AvgIpc) is 2.18. The van der Waals surface area contributed by atoms with E-state index in [-0.39, 0.29) is 0 Å². The first kappa shape index (κ1) is 8.55. The van der Waals surface area contributed by atoms with Crippen LogP contribution in [0.1, 0.15) is 51.9 Å². The fourth-order valence-corrected chi connectivity index (χ4v) is 3.24. The second-order valence-electron chi connectivity index (χ2n) is 4.52. The molecule has 0 bridgehead atoms. The molecular weight excluding hydrogens is 146 g/mol. The van der Waals surface area contributed by atoms with Crippen molar-refractivity contribution in [2.45, 2.75) is 57.4 Å². The molecule has 1 nitrogen and oxygen atoms in total. The van der Waals surface area contributed by atoms with Crippen LogP contribution in [-0.2, 0) is 0 Å². The quantitative estimate of drug-likeness (QED) is 0.633. The molecule has 1 heterocycles. The molecule has 1 aliphatic heterocycles. The van der Waals surface area contributed by atoms with Crippen molar-refractivity contribution in [3.05, 3.63) is 0 Å². The van der Waals surface area contributed by atoms with Gasteiger partial charge in [-0.05, 0) is 44.6 Å². The largest absolute Gasteiger partial charge is 0.311 e. The maximum atomic E-state index is 3.78. The molecular formula is C11H21N. The van der Waals surface area contributed by atoms with Crippen LogP contribution in [0, 0.1) is 5.92 Å². The van der Waals surface area contributed by atoms with Crippen LogP contribution >= 0.6 is 0 Å². The minimum atomic E-state index is 0.566. The van der Waals surface area contributed by atoms with Crippen molar-refractivity contribution in [2.24, 2.45) is 5.92 Å². The summed E-state index contributed by atoms with van der Waals surface area (Å²) in [7, 11) is 0. The van der Waals surface area contributed by atoms with E-state index in [0.29, 0.717) is 5.54 Å². The molecule has 0 aromatic rings. The van der Waals surface area contributed by atoms with E-state index in [1.165, 1.54) is 51.5 Å². The molecule has 2 aliphatic rings. The molecule has 1 saturated carbocycles. The van der Waals surface area contributed by atoms with Gasteiger partial charge < -0.3 is 5.32 Å². The smallest absolute Gasteiger partial charge is 0.0207 e. The molecule has 2 fully saturated rings. The van der Waals surface area contributed by atoms with Crippen LogP contribution in [0.5, 0.6) is 0 Å². The van der Waals surface area contributed by atoms with E-state index in [9.17, 15) is 0 Å². The third-order valence-corrected chi connectivity index (χ3v) is 4.04. The van der Waals surface area contributed by atoms with Crippen molar-refractivity contribution in [1.29, 1.82) is 0 Å². The van der Waals surface area contributed by atoms with E-state index in [1.54, 1.807) is 0 Å². The van der Waals surface area contributed by atoms with Gasteiger partial charge in [0.05, 0.1) is 0 Å². The summed E-state index contributed by atoms with van der Waals surface area (Å²) < 4.78 is 0. The fourth-order valence-electron chi connectivity index (χ4n) is 3.24. The molecule has 0 amide bonds. The molecule has 1 N–H and O–H groups in total. The Balaban J connectivity index is 2.10. The monoisotopic (exact) mass is 167 g/mol. The fraction of sp³-hybridized carbons (Fsp3) is 1.00. The first-order chi connectivity index (χ1) is 5.87. The second-order valence-corrected chi connectivity index (χ2v) is 4.52. The molecule has 2 unspecified atom stereocenters. The highest BCUT2D eigenvalue weighted by Crippen LogP contribution is 2.40. The lowest BCUT2D eigenvalue weighted by molar-refractivity contribution is 0.0981. The van der Waals surface area contributed by atoms with E-state index in [0.717, 1.165) is 5.92 Å². The number of piperidine rings is 1. The summed E-state index contributed by atoms with van der Waals surface area (Å²) in [6, 6.07) is 0. The molecule has 0 radical (unpaired) electrons. The van der Waals surface area contributed by atoms with Crippen molar-refractivity contribution < 1.29 is 0 Å². The van der Waals surface area contributed by atoms with Crippen LogP contribution in [-0.4, -0.2) is 12.1 Å². The number of rotatable bonds is 1. The summed E-state index contributed by atoms with van der Waals surface area (Å²) in [5.74, 6) is 1.00. The van der Waals surface area contributed by atoms with Crippen LogP contribution < -0.4 is 5.32 Å². The summed E-state index contributed by atoms with van der Waals surface area (Å²) in [6.45, 7) is 3.63. The number of fused-ring (bicyclic) bond motifs is 1. The molecule has 0 spiro atoms. The summed E-state index contributed by atoms with van der Waals surface area (Å²) in [5.41, 5.74) is 0.566. The molecule has 2 rings (SSSR count). The molecule has 0 aromatic carbocycles. The molecule has 1 saturated heterocycles. The Kier molecular flexibility index (Phi) is 2.40. The Morgan fingerprint density at radius 2 is 2.08 bits per heavy atom. The average molecular weight is 167 g/mol. The van der Waals surface area contributed by atoms with Gasteiger partial charge in [-0.2, -0.15) is 0 Å². The Morgan fingerprint density at radius 1 is 1.25 bits per heavy atom. The molecule has 1 aliphatic carbocycles. The second kappa shape index (κ2) is 3.37. The number of nitrogens with one attached hydrogen (secondary N) is 1. The highest BCUT2D eigenvalue weighted by molar-refractivity contribution is 4.98. The summed E-state index contributed by atoms with van der Waals surface area (Å²) in [6.07, 6.45) is 10.1. The van der Waals surface area contributed by atoms with Gasteiger partial charge in [0.1, 0.15) is 0 Å². The molecule has 1 heteroatoms. The van der Waals surface area contributed by atoms with Crippen LogP contribution in [0.3, 0.4) is 0 Å². The number of hydrogen-bond acceptors (Lipinski definition) is 1. The zero-order valence-corrected chi connectivity index (χ0v) is 8.23. The first-order valence-corrected chi connectivity index (χ1v) is 5.62. The lowest BCUT2D eigenvalue weighted by Crippen LogP contribution is -2.55.